The van der Waals surface area contributed by atoms with E-state index in [9.17, 15) is 0 Å². The lowest BCUT2D eigenvalue weighted by Gasteiger charge is -2.26. The number of rotatable bonds is 8. The molecule has 0 N–H and O–H groups in total. The third-order valence-electron chi connectivity index (χ3n) is 4.19. The molecule has 3 rings (SSSR count). The van der Waals surface area contributed by atoms with Gasteiger partial charge >= 0.3 is 0 Å². The average Bonchev–Trinajstić information content (AvgIpc) is 3.24. The number of unbranched alkanes of at least 4 members (excludes halogenated alkanes) is 1. The maximum Gasteiger partial charge on any atom is 0.217 e. The van der Waals surface area contributed by atoms with Crippen LogP contribution in [0.2, 0.25) is 0 Å². The van der Waals surface area contributed by atoms with Crippen molar-refractivity contribution in [3.63, 3.8) is 0 Å². The largest absolute Gasteiger partial charge is 0.461 e. The van der Waals surface area contributed by atoms with Gasteiger partial charge in [-0.05, 0) is 31.5 Å². The predicted octanol–water partition coefficient (Wildman–Crippen LogP) is 2.60. The number of ether oxygens (including phenoxy) is 1. The lowest BCUT2D eigenvalue weighted by molar-refractivity contribution is 0.0374. The molecule has 0 atom stereocenters. The molecule has 0 saturated carbocycles. The second-order valence-electron chi connectivity index (χ2n) is 5.96. The minimum absolute atomic E-state index is 0.701. The molecule has 126 valence electrons. The highest BCUT2D eigenvalue weighted by molar-refractivity contribution is 5.45. The summed E-state index contributed by atoms with van der Waals surface area (Å²) in [5, 5.41) is 4.63. The van der Waals surface area contributed by atoms with Crippen LogP contribution in [-0.2, 0) is 17.7 Å². The molecule has 2 aromatic rings. The van der Waals surface area contributed by atoms with E-state index in [2.05, 4.69) is 21.6 Å². The monoisotopic (exact) mass is 318 g/mol. The Kier molecular flexibility index (Phi) is 5.82. The fourth-order valence-electron chi connectivity index (χ4n) is 2.84. The van der Waals surface area contributed by atoms with Crippen molar-refractivity contribution in [2.75, 3.05) is 32.8 Å². The molecule has 1 saturated heterocycles. The first-order chi connectivity index (χ1) is 11.4. The van der Waals surface area contributed by atoms with Crippen LogP contribution in [0.25, 0.3) is 11.6 Å². The van der Waals surface area contributed by atoms with E-state index < -0.39 is 0 Å². The molecule has 0 aromatic carbocycles. The van der Waals surface area contributed by atoms with E-state index in [0.29, 0.717) is 5.82 Å². The highest BCUT2D eigenvalue weighted by Gasteiger charge is 2.14. The molecule has 1 aliphatic rings. The van der Waals surface area contributed by atoms with Crippen LogP contribution in [0, 0.1) is 0 Å². The van der Waals surface area contributed by atoms with E-state index in [4.69, 9.17) is 14.1 Å². The highest BCUT2D eigenvalue weighted by Crippen LogP contribution is 2.17. The molecular formula is C17H26N4O2. The molecule has 23 heavy (non-hydrogen) atoms. The molecule has 1 aliphatic heterocycles. The first-order valence-electron chi connectivity index (χ1n) is 8.64. The number of hydrogen-bond acceptors (Lipinski definition) is 5. The maximum atomic E-state index is 5.43. The van der Waals surface area contributed by atoms with E-state index in [-0.39, 0.29) is 0 Å². The van der Waals surface area contributed by atoms with Crippen LogP contribution in [0.15, 0.2) is 22.8 Å². The van der Waals surface area contributed by atoms with Gasteiger partial charge < -0.3 is 9.15 Å². The van der Waals surface area contributed by atoms with Crippen LogP contribution < -0.4 is 0 Å². The van der Waals surface area contributed by atoms with Crippen LogP contribution in [0.3, 0.4) is 0 Å². The van der Waals surface area contributed by atoms with Crippen molar-refractivity contribution >= 4 is 0 Å². The molecule has 0 spiro atoms. The van der Waals surface area contributed by atoms with Crippen molar-refractivity contribution in [3.8, 4) is 11.6 Å². The summed E-state index contributed by atoms with van der Waals surface area (Å²) in [5.41, 5.74) is 0. The number of nitrogens with zero attached hydrogens (tertiary/aromatic N) is 4. The Morgan fingerprint density at radius 3 is 2.78 bits per heavy atom. The summed E-state index contributed by atoms with van der Waals surface area (Å²) in [6.07, 6.45) is 6.00. The maximum absolute atomic E-state index is 5.43. The standard InChI is InChI=1S/C17H26N4O2/c1-2-3-9-21-16(7-4-8-20-10-13-22-14-11-20)18-17(19-21)15-6-5-12-23-15/h5-6,12H,2-4,7-11,13-14H2,1H3. The molecule has 6 nitrogen and oxygen atoms in total. The molecule has 0 radical (unpaired) electrons. The van der Waals surface area contributed by atoms with E-state index in [1.165, 1.54) is 0 Å². The van der Waals surface area contributed by atoms with Crippen molar-refractivity contribution in [2.24, 2.45) is 0 Å². The van der Waals surface area contributed by atoms with Gasteiger partial charge in [0.15, 0.2) is 5.76 Å². The van der Waals surface area contributed by atoms with Crippen LogP contribution in [0.4, 0.5) is 0 Å². The van der Waals surface area contributed by atoms with Gasteiger partial charge in [0, 0.05) is 26.1 Å². The first kappa shape index (κ1) is 16.2. The summed E-state index contributed by atoms with van der Waals surface area (Å²) in [4.78, 5) is 7.17. The fraction of sp³-hybridized carbons (Fsp3) is 0.647. The third-order valence-corrected chi connectivity index (χ3v) is 4.19. The van der Waals surface area contributed by atoms with E-state index in [0.717, 1.165) is 76.7 Å². The Labute approximate surface area is 137 Å². The Morgan fingerprint density at radius 1 is 1.17 bits per heavy atom. The van der Waals surface area contributed by atoms with Crippen molar-refractivity contribution in [1.29, 1.82) is 0 Å². The number of aromatic nitrogens is 3. The Morgan fingerprint density at radius 2 is 2.04 bits per heavy atom. The Hall–Kier alpha value is -1.66. The molecule has 0 bridgehead atoms. The smallest absolute Gasteiger partial charge is 0.217 e. The first-order valence-corrected chi connectivity index (χ1v) is 8.64. The molecule has 3 heterocycles. The van der Waals surface area contributed by atoms with Gasteiger partial charge in [-0.15, -0.1) is 5.10 Å². The minimum atomic E-state index is 0.701. The number of furan rings is 1. The molecule has 2 aromatic heterocycles. The second kappa shape index (κ2) is 8.26. The SMILES string of the molecule is CCCCn1nc(-c2ccco2)nc1CCCN1CCOCC1. The lowest BCUT2D eigenvalue weighted by atomic mass is 10.2. The zero-order valence-corrected chi connectivity index (χ0v) is 13.9. The van der Waals surface area contributed by atoms with Gasteiger partial charge in [-0.25, -0.2) is 9.67 Å². The van der Waals surface area contributed by atoms with Crippen LogP contribution in [0.5, 0.6) is 0 Å². The van der Waals surface area contributed by atoms with Gasteiger partial charge in [-0.2, -0.15) is 0 Å². The Balaban J connectivity index is 1.61. The fourth-order valence-corrected chi connectivity index (χ4v) is 2.84. The van der Waals surface area contributed by atoms with Crippen molar-refractivity contribution in [3.05, 3.63) is 24.2 Å². The zero-order chi connectivity index (χ0) is 15.9. The van der Waals surface area contributed by atoms with Gasteiger partial charge in [0.05, 0.1) is 19.5 Å². The molecular weight excluding hydrogens is 292 g/mol. The summed E-state index contributed by atoms with van der Waals surface area (Å²) >= 11 is 0. The zero-order valence-electron chi connectivity index (χ0n) is 13.9. The second-order valence-corrected chi connectivity index (χ2v) is 5.96. The number of morpholine rings is 1. The third kappa shape index (κ3) is 4.42. The quantitative estimate of drug-likeness (QED) is 0.749. The van der Waals surface area contributed by atoms with Gasteiger partial charge in [-0.3, -0.25) is 4.90 Å². The van der Waals surface area contributed by atoms with Crippen LogP contribution in [-0.4, -0.2) is 52.5 Å². The van der Waals surface area contributed by atoms with Crippen LogP contribution in [0.1, 0.15) is 32.0 Å². The summed E-state index contributed by atoms with van der Waals surface area (Å²) in [6, 6.07) is 3.79. The van der Waals surface area contributed by atoms with Crippen molar-refractivity contribution < 1.29 is 9.15 Å². The summed E-state index contributed by atoms with van der Waals surface area (Å²) in [5.74, 6) is 2.51. The lowest BCUT2D eigenvalue weighted by Crippen LogP contribution is -2.37. The highest BCUT2D eigenvalue weighted by atomic mass is 16.5. The van der Waals surface area contributed by atoms with Gasteiger partial charge in [-0.1, -0.05) is 13.3 Å². The van der Waals surface area contributed by atoms with E-state index >= 15 is 0 Å². The number of hydrogen-bond donors (Lipinski definition) is 0. The molecule has 0 aliphatic carbocycles. The van der Waals surface area contributed by atoms with E-state index in [1.807, 2.05) is 12.1 Å². The molecule has 0 amide bonds. The van der Waals surface area contributed by atoms with Gasteiger partial charge in [0.2, 0.25) is 5.82 Å². The van der Waals surface area contributed by atoms with E-state index in [1.54, 1.807) is 6.26 Å². The minimum Gasteiger partial charge on any atom is -0.461 e. The van der Waals surface area contributed by atoms with Gasteiger partial charge in [0.25, 0.3) is 0 Å². The van der Waals surface area contributed by atoms with Crippen LogP contribution >= 0.6 is 0 Å². The molecule has 1 fully saturated rings. The topological polar surface area (TPSA) is 56.3 Å². The normalized spacial score (nSPS) is 16.0. The summed E-state index contributed by atoms with van der Waals surface area (Å²) in [7, 11) is 0. The Bertz CT molecular complexity index is 573. The predicted molar refractivity (Wildman–Crippen MR) is 88.2 cm³/mol. The molecule has 0 unspecified atom stereocenters. The summed E-state index contributed by atoms with van der Waals surface area (Å²) < 4.78 is 12.9. The number of aryl methyl sites for hydroxylation is 2. The van der Waals surface area contributed by atoms with Crippen molar-refractivity contribution in [1.82, 2.24) is 19.7 Å². The van der Waals surface area contributed by atoms with Crippen molar-refractivity contribution in [2.45, 2.75) is 39.2 Å². The average molecular weight is 318 g/mol. The molecule has 6 heteroatoms. The summed E-state index contributed by atoms with van der Waals surface area (Å²) in [6.45, 7) is 8.02. The van der Waals surface area contributed by atoms with Gasteiger partial charge in [0.1, 0.15) is 5.82 Å².